The third-order valence-electron chi connectivity index (χ3n) is 5.08. The zero-order valence-electron chi connectivity index (χ0n) is 12.3. The third-order valence-corrected chi connectivity index (χ3v) is 5.08. The molecule has 1 saturated heterocycles. The molecule has 4 rings (SSSR count). The first-order chi connectivity index (χ1) is 10.7. The first kappa shape index (κ1) is 13.5. The van der Waals surface area contributed by atoms with Crippen molar-refractivity contribution in [2.45, 2.75) is 18.9 Å². The minimum absolute atomic E-state index is 0.330. The Morgan fingerprint density at radius 3 is 2.68 bits per heavy atom. The predicted octanol–water partition coefficient (Wildman–Crippen LogP) is 1.30. The fraction of sp³-hybridized carbons (Fsp3) is 0.412. The average Bonchev–Trinajstić information content (AvgIpc) is 2.76. The van der Waals surface area contributed by atoms with E-state index in [1.807, 2.05) is 0 Å². The summed E-state index contributed by atoms with van der Waals surface area (Å²) in [6.07, 6.45) is 1.25. The van der Waals surface area contributed by atoms with E-state index in [9.17, 15) is 9.59 Å². The lowest BCUT2D eigenvalue weighted by molar-refractivity contribution is 0.191. The summed E-state index contributed by atoms with van der Waals surface area (Å²) in [5.74, 6) is 2.12. The number of nitrogens with zero attached hydrogens (tertiary/aromatic N) is 1. The Morgan fingerprint density at radius 1 is 1.09 bits per heavy atom. The van der Waals surface area contributed by atoms with Crippen LogP contribution in [-0.4, -0.2) is 28.0 Å². The van der Waals surface area contributed by atoms with Crippen LogP contribution >= 0.6 is 0 Å². The Morgan fingerprint density at radius 2 is 1.91 bits per heavy atom. The van der Waals surface area contributed by atoms with Crippen molar-refractivity contribution in [3.05, 3.63) is 68.5 Å². The Kier molecular flexibility index (Phi) is 3.22. The fourth-order valence-electron chi connectivity index (χ4n) is 4.06. The van der Waals surface area contributed by atoms with Crippen LogP contribution in [0.2, 0.25) is 0 Å². The van der Waals surface area contributed by atoms with Gasteiger partial charge in [-0.2, -0.15) is 0 Å². The molecule has 2 fully saturated rings. The van der Waals surface area contributed by atoms with Gasteiger partial charge < -0.3 is 4.98 Å². The summed E-state index contributed by atoms with van der Waals surface area (Å²) in [4.78, 5) is 30.0. The summed E-state index contributed by atoms with van der Waals surface area (Å²) in [6, 6.07) is 12.2. The molecule has 5 heteroatoms. The lowest BCUT2D eigenvalue weighted by Crippen LogP contribution is -2.33. The normalized spacial score (nSPS) is 27.4. The van der Waals surface area contributed by atoms with Gasteiger partial charge in [0.2, 0.25) is 0 Å². The lowest BCUT2D eigenvalue weighted by Gasteiger charge is -2.40. The highest BCUT2D eigenvalue weighted by molar-refractivity contribution is 5.25. The Balaban J connectivity index is 1.45. The summed E-state index contributed by atoms with van der Waals surface area (Å²) < 4.78 is 0. The fourth-order valence-corrected chi connectivity index (χ4v) is 4.06. The van der Waals surface area contributed by atoms with Crippen molar-refractivity contribution < 1.29 is 0 Å². The van der Waals surface area contributed by atoms with E-state index in [1.54, 1.807) is 0 Å². The highest BCUT2D eigenvalue weighted by Crippen LogP contribution is 2.51. The van der Waals surface area contributed by atoms with Gasteiger partial charge in [-0.05, 0) is 29.7 Å². The largest absolute Gasteiger partial charge is 0.325 e. The molecular formula is C17H19N3O2. The number of fused-ring (bicyclic) bond motifs is 1. The van der Waals surface area contributed by atoms with E-state index in [4.69, 9.17) is 0 Å². The molecule has 2 N–H and O–H groups in total. The molecule has 2 aliphatic rings. The highest BCUT2D eigenvalue weighted by Gasteiger charge is 2.47. The van der Waals surface area contributed by atoms with Gasteiger partial charge in [0.25, 0.3) is 5.56 Å². The van der Waals surface area contributed by atoms with E-state index < -0.39 is 5.69 Å². The first-order valence-corrected chi connectivity index (χ1v) is 7.79. The van der Waals surface area contributed by atoms with Crippen molar-refractivity contribution in [3.63, 3.8) is 0 Å². The van der Waals surface area contributed by atoms with E-state index in [0.717, 1.165) is 19.0 Å². The van der Waals surface area contributed by atoms with Crippen molar-refractivity contribution in [2.75, 3.05) is 13.1 Å². The molecule has 22 heavy (non-hydrogen) atoms. The topological polar surface area (TPSA) is 69.0 Å². The number of hydrogen-bond donors (Lipinski definition) is 2. The Hall–Kier alpha value is -2.14. The minimum Gasteiger partial charge on any atom is -0.310 e. The second-order valence-electron chi connectivity index (χ2n) is 6.48. The summed E-state index contributed by atoms with van der Waals surface area (Å²) in [5.41, 5.74) is 1.39. The molecule has 1 aliphatic heterocycles. The van der Waals surface area contributed by atoms with Crippen molar-refractivity contribution in [1.82, 2.24) is 14.9 Å². The Labute approximate surface area is 128 Å². The number of nitrogens with one attached hydrogen (secondary N) is 2. The minimum atomic E-state index is -0.424. The maximum Gasteiger partial charge on any atom is 0.325 e. The van der Waals surface area contributed by atoms with Crippen LogP contribution in [0.15, 0.2) is 46.0 Å². The van der Waals surface area contributed by atoms with E-state index in [1.165, 1.54) is 18.1 Å². The number of benzene rings is 1. The summed E-state index contributed by atoms with van der Waals surface area (Å²) >= 11 is 0. The van der Waals surface area contributed by atoms with Crippen molar-refractivity contribution >= 4 is 0 Å². The summed E-state index contributed by atoms with van der Waals surface area (Å²) in [7, 11) is 0. The van der Waals surface area contributed by atoms with Crippen molar-refractivity contribution in [2.24, 2.45) is 11.8 Å². The average molecular weight is 297 g/mol. The molecule has 5 nitrogen and oxygen atoms in total. The van der Waals surface area contributed by atoms with E-state index in [0.29, 0.717) is 24.1 Å². The maximum absolute atomic E-state index is 11.4. The predicted molar refractivity (Wildman–Crippen MR) is 83.7 cm³/mol. The van der Waals surface area contributed by atoms with Crippen LogP contribution in [0.1, 0.15) is 23.6 Å². The quantitative estimate of drug-likeness (QED) is 0.897. The molecule has 0 radical (unpaired) electrons. The molecule has 3 unspecified atom stereocenters. The van der Waals surface area contributed by atoms with Gasteiger partial charge in [0.15, 0.2) is 0 Å². The van der Waals surface area contributed by atoms with Crippen molar-refractivity contribution in [1.29, 1.82) is 0 Å². The molecule has 0 amide bonds. The van der Waals surface area contributed by atoms with Gasteiger partial charge in [-0.25, -0.2) is 4.79 Å². The van der Waals surface area contributed by atoms with Gasteiger partial charge in [-0.15, -0.1) is 0 Å². The van der Waals surface area contributed by atoms with Gasteiger partial charge >= 0.3 is 5.69 Å². The van der Waals surface area contributed by atoms with Gasteiger partial charge in [0, 0.05) is 31.4 Å². The number of aromatic amines is 2. The maximum atomic E-state index is 11.4. The Bertz CT molecular complexity index is 752. The van der Waals surface area contributed by atoms with Crippen LogP contribution in [0.3, 0.4) is 0 Å². The van der Waals surface area contributed by atoms with E-state index >= 15 is 0 Å². The van der Waals surface area contributed by atoms with Crippen LogP contribution in [0, 0.1) is 11.8 Å². The lowest BCUT2D eigenvalue weighted by atomic mass is 9.64. The molecule has 1 aromatic heterocycles. The molecule has 1 aliphatic carbocycles. The van der Waals surface area contributed by atoms with Gasteiger partial charge in [0.05, 0.1) is 0 Å². The second-order valence-corrected chi connectivity index (χ2v) is 6.48. The third kappa shape index (κ3) is 2.41. The number of rotatable bonds is 3. The SMILES string of the molecule is O=c1cc(CN2CC3CC(c4ccccc4)C3C2)[nH]c(=O)[nH]1. The first-order valence-electron chi connectivity index (χ1n) is 7.79. The van der Waals surface area contributed by atoms with Gasteiger partial charge in [-0.1, -0.05) is 30.3 Å². The van der Waals surface area contributed by atoms with E-state index in [2.05, 4.69) is 45.2 Å². The molecule has 2 heterocycles. The van der Waals surface area contributed by atoms with Crippen LogP contribution < -0.4 is 11.2 Å². The van der Waals surface area contributed by atoms with Gasteiger partial charge in [0.1, 0.15) is 0 Å². The van der Waals surface area contributed by atoms with Crippen LogP contribution in [0.4, 0.5) is 0 Å². The summed E-state index contributed by atoms with van der Waals surface area (Å²) in [5, 5.41) is 0. The number of H-pyrrole nitrogens is 2. The van der Waals surface area contributed by atoms with Crippen LogP contribution in [0.5, 0.6) is 0 Å². The van der Waals surface area contributed by atoms with Crippen molar-refractivity contribution in [3.8, 4) is 0 Å². The molecule has 1 aromatic carbocycles. The molecule has 1 saturated carbocycles. The molecule has 3 atom stereocenters. The number of likely N-dealkylation sites (tertiary alicyclic amines) is 1. The molecule has 2 aromatic rings. The van der Waals surface area contributed by atoms with Crippen LogP contribution in [-0.2, 0) is 6.54 Å². The number of hydrogen-bond acceptors (Lipinski definition) is 3. The molecular weight excluding hydrogens is 278 g/mol. The summed E-state index contributed by atoms with van der Waals surface area (Å²) in [6.45, 7) is 2.75. The van der Waals surface area contributed by atoms with Gasteiger partial charge in [-0.3, -0.25) is 14.7 Å². The highest BCUT2D eigenvalue weighted by atomic mass is 16.2. The van der Waals surface area contributed by atoms with E-state index in [-0.39, 0.29) is 5.56 Å². The molecule has 114 valence electrons. The standard InChI is InChI=1S/C17H19N3O2/c21-16-7-13(18-17(22)19-16)9-20-8-12-6-14(15(12)10-20)11-4-2-1-3-5-11/h1-5,7,12,14-15H,6,8-10H2,(H2,18,19,21,22). The molecule has 0 bridgehead atoms. The zero-order valence-corrected chi connectivity index (χ0v) is 12.3. The molecule has 0 spiro atoms. The zero-order chi connectivity index (χ0) is 15.1. The monoisotopic (exact) mass is 297 g/mol. The van der Waals surface area contributed by atoms with Crippen LogP contribution in [0.25, 0.3) is 0 Å². The smallest absolute Gasteiger partial charge is 0.310 e. The number of aromatic nitrogens is 2. The second kappa shape index (κ2) is 5.25.